The molecular formula is C15H22O2. The van der Waals surface area contributed by atoms with Gasteiger partial charge in [-0.25, -0.2) is 0 Å². The third-order valence-electron chi connectivity index (χ3n) is 4.04. The van der Waals surface area contributed by atoms with E-state index in [0.717, 1.165) is 25.7 Å². The van der Waals surface area contributed by atoms with Crippen LogP contribution in [-0.4, -0.2) is 12.1 Å². The summed E-state index contributed by atoms with van der Waals surface area (Å²) >= 11 is 0. The maximum Gasteiger partial charge on any atom is 0.309 e. The molecule has 0 aromatic heterocycles. The molecule has 2 rings (SSSR count). The number of hydrogen-bond acceptors (Lipinski definition) is 2. The highest BCUT2D eigenvalue weighted by atomic mass is 16.6. The molecule has 2 aliphatic rings. The molecular weight excluding hydrogens is 212 g/mol. The Hall–Kier alpha value is -1.05. The second-order valence-electron chi connectivity index (χ2n) is 5.49. The molecule has 2 nitrogen and oxygen atoms in total. The van der Waals surface area contributed by atoms with Crippen molar-refractivity contribution >= 4 is 5.97 Å². The zero-order valence-electron chi connectivity index (χ0n) is 11.0. The van der Waals surface area contributed by atoms with Crippen molar-refractivity contribution in [2.45, 2.75) is 52.6 Å². The second kappa shape index (κ2) is 5.07. The Morgan fingerprint density at radius 3 is 2.76 bits per heavy atom. The summed E-state index contributed by atoms with van der Waals surface area (Å²) in [5, 5.41) is 0. The fourth-order valence-electron chi connectivity index (χ4n) is 2.77. The van der Waals surface area contributed by atoms with E-state index in [2.05, 4.69) is 26.0 Å². The highest BCUT2D eigenvalue weighted by Gasteiger charge is 2.40. The summed E-state index contributed by atoms with van der Waals surface area (Å²) in [7, 11) is 0. The molecule has 17 heavy (non-hydrogen) atoms. The van der Waals surface area contributed by atoms with Gasteiger partial charge in [0, 0.05) is 5.92 Å². The van der Waals surface area contributed by atoms with E-state index in [1.165, 1.54) is 11.1 Å². The van der Waals surface area contributed by atoms with Crippen LogP contribution < -0.4 is 0 Å². The summed E-state index contributed by atoms with van der Waals surface area (Å²) in [4.78, 5) is 11.7. The van der Waals surface area contributed by atoms with Crippen molar-refractivity contribution in [2.24, 2.45) is 11.8 Å². The first-order chi connectivity index (χ1) is 8.08. The van der Waals surface area contributed by atoms with Gasteiger partial charge in [0.1, 0.15) is 6.10 Å². The molecule has 0 radical (unpaired) electrons. The van der Waals surface area contributed by atoms with Crippen molar-refractivity contribution in [3.63, 3.8) is 0 Å². The number of carbonyl (C=O) groups is 1. The lowest BCUT2D eigenvalue weighted by Gasteiger charge is -2.19. The molecule has 1 aliphatic heterocycles. The molecule has 1 fully saturated rings. The van der Waals surface area contributed by atoms with E-state index in [4.69, 9.17) is 4.74 Å². The van der Waals surface area contributed by atoms with Crippen LogP contribution >= 0.6 is 0 Å². The fourth-order valence-corrected chi connectivity index (χ4v) is 2.77. The van der Waals surface area contributed by atoms with Crippen LogP contribution in [0, 0.1) is 11.8 Å². The number of hydrogen-bond donors (Lipinski definition) is 0. The van der Waals surface area contributed by atoms with Crippen LogP contribution in [0.25, 0.3) is 0 Å². The molecule has 1 aliphatic carbocycles. The Kier molecular flexibility index (Phi) is 3.70. The molecule has 0 spiro atoms. The number of allylic oxidation sites excluding steroid dienone is 3. The molecule has 3 atom stereocenters. The Morgan fingerprint density at radius 2 is 2.00 bits per heavy atom. The lowest BCUT2D eigenvalue weighted by Crippen LogP contribution is -2.18. The van der Waals surface area contributed by atoms with Crippen molar-refractivity contribution in [2.75, 3.05) is 0 Å². The summed E-state index contributed by atoms with van der Waals surface area (Å²) < 4.78 is 5.48. The lowest BCUT2D eigenvalue weighted by molar-refractivity contribution is -0.142. The molecule has 1 saturated heterocycles. The van der Waals surface area contributed by atoms with Gasteiger partial charge in [-0.15, -0.1) is 0 Å². The molecule has 0 bridgehead atoms. The SMILES string of the molecule is C/C1=C/C2OC(=O)C(C)C2CC/C(C)=C\CC1. The lowest BCUT2D eigenvalue weighted by atomic mass is 9.85. The predicted octanol–water partition coefficient (Wildman–Crippen LogP) is 3.63. The van der Waals surface area contributed by atoms with Gasteiger partial charge in [0.25, 0.3) is 0 Å². The minimum Gasteiger partial charge on any atom is -0.458 e. The molecule has 0 N–H and O–H groups in total. The first-order valence-corrected chi connectivity index (χ1v) is 6.61. The van der Waals surface area contributed by atoms with Crippen molar-refractivity contribution in [1.82, 2.24) is 0 Å². The fraction of sp³-hybridized carbons (Fsp3) is 0.667. The number of rotatable bonds is 0. The summed E-state index contributed by atoms with van der Waals surface area (Å²) in [6.45, 7) is 6.33. The maximum atomic E-state index is 11.7. The largest absolute Gasteiger partial charge is 0.458 e. The van der Waals surface area contributed by atoms with Gasteiger partial charge in [-0.1, -0.05) is 24.1 Å². The molecule has 1 heterocycles. The Balaban J connectivity index is 2.21. The standard InChI is InChI=1S/C15H22O2/c1-10-5-4-6-11(2)9-14-13(8-7-10)12(3)15(16)17-14/h5,9,12-14H,4,6-8H2,1-3H3/b10-5-,11-9-. The number of fused-ring (bicyclic) bond motifs is 1. The monoisotopic (exact) mass is 234 g/mol. The third-order valence-corrected chi connectivity index (χ3v) is 4.04. The van der Waals surface area contributed by atoms with Gasteiger partial charge in [-0.05, 0) is 45.6 Å². The van der Waals surface area contributed by atoms with E-state index in [1.807, 2.05) is 6.92 Å². The van der Waals surface area contributed by atoms with E-state index >= 15 is 0 Å². The summed E-state index contributed by atoms with van der Waals surface area (Å²) in [6.07, 6.45) is 8.85. The maximum absolute atomic E-state index is 11.7. The summed E-state index contributed by atoms with van der Waals surface area (Å²) in [6, 6.07) is 0. The minimum absolute atomic E-state index is 0.0170. The molecule has 2 heteroatoms. The van der Waals surface area contributed by atoms with Crippen LogP contribution in [0.1, 0.15) is 46.5 Å². The van der Waals surface area contributed by atoms with Gasteiger partial charge in [0.15, 0.2) is 0 Å². The topological polar surface area (TPSA) is 26.3 Å². The van der Waals surface area contributed by atoms with Gasteiger partial charge in [0.2, 0.25) is 0 Å². The molecule has 0 aromatic carbocycles. The predicted molar refractivity (Wildman–Crippen MR) is 68.5 cm³/mol. The highest BCUT2D eigenvalue weighted by molar-refractivity contribution is 5.75. The van der Waals surface area contributed by atoms with Crippen molar-refractivity contribution in [3.05, 3.63) is 23.3 Å². The zero-order chi connectivity index (χ0) is 12.4. The summed E-state index contributed by atoms with van der Waals surface area (Å²) in [5.74, 6) is 0.389. The average Bonchev–Trinajstić information content (AvgIpc) is 2.52. The van der Waals surface area contributed by atoms with E-state index in [-0.39, 0.29) is 18.0 Å². The highest BCUT2D eigenvalue weighted by Crippen LogP contribution is 2.35. The van der Waals surface area contributed by atoms with Crippen molar-refractivity contribution in [3.8, 4) is 0 Å². The molecule has 94 valence electrons. The average molecular weight is 234 g/mol. The molecule has 0 aromatic rings. The normalized spacial score (nSPS) is 40.6. The third kappa shape index (κ3) is 2.80. The quantitative estimate of drug-likeness (QED) is 0.472. The van der Waals surface area contributed by atoms with Crippen LogP contribution in [0.3, 0.4) is 0 Å². The molecule has 3 unspecified atom stereocenters. The van der Waals surface area contributed by atoms with Crippen LogP contribution in [0.4, 0.5) is 0 Å². The number of ether oxygens (including phenoxy) is 1. The van der Waals surface area contributed by atoms with Crippen LogP contribution in [-0.2, 0) is 9.53 Å². The van der Waals surface area contributed by atoms with Crippen LogP contribution in [0.2, 0.25) is 0 Å². The van der Waals surface area contributed by atoms with E-state index < -0.39 is 0 Å². The minimum atomic E-state index is -0.0232. The van der Waals surface area contributed by atoms with Crippen LogP contribution in [0.15, 0.2) is 23.3 Å². The van der Waals surface area contributed by atoms with Crippen LogP contribution in [0.5, 0.6) is 0 Å². The first-order valence-electron chi connectivity index (χ1n) is 6.61. The van der Waals surface area contributed by atoms with E-state index in [1.54, 1.807) is 0 Å². The van der Waals surface area contributed by atoms with E-state index in [9.17, 15) is 4.79 Å². The second-order valence-corrected chi connectivity index (χ2v) is 5.49. The van der Waals surface area contributed by atoms with E-state index in [0.29, 0.717) is 5.92 Å². The van der Waals surface area contributed by atoms with Gasteiger partial charge in [-0.3, -0.25) is 4.79 Å². The number of carbonyl (C=O) groups excluding carboxylic acids is 1. The first kappa shape index (κ1) is 12.4. The van der Waals surface area contributed by atoms with Gasteiger partial charge in [-0.2, -0.15) is 0 Å². The molecule has 0 saturated carbocycles. The Morgan fingerprint density at radius 1 is 1.24 bits per heavy atom. The Labute approximate surface area is 104 Å². The smallest absolute Gasteiger partial charge is 0.309 e. The Bertz CT molecular complexity index is 365. The van der Waals surface area contributed by atoms with Gasteiger partial charge < -0.3 is 4.74 Å². The van der Waals surface area contributed by atoms with Crippen molar-refractivity contribution < 1.29 is 9.53 Å². The molecule has 0 amide bonds. The summed E-state index contributed by atoms with van der Waals surface area (Å²) in [5.41, 5.74) is 2.79. The van der Waals surface area contributed by atoms with Crippen molar-refractivity contribution in [1.29, 1.82) is 0 Å². The van der Waals surface area contributed by atoms with Gasteiger partial charge in [0.05, 0.1) is 5.92 Å². The zero-order valence-corrected chi connectivity index (χ0v) is 11.0. The van der Waals surface area contributed by atoms with Gasteiger partial charge >= 0.3 is 5.97 Å². The number of esters is 1.